The van der Waals surface area contributed by atoms with Crippen LogP contribution in [0, 0.1) is 0 Å². The number of anilines is 2. The minimum atomic E-state index is -0.833. The topological polar surface area (TPSA) is 79.3 Å². The average Bonchev–Trinajstić information content (AvgIpc) is 3.19. The van der Waals surface area contributed by atoms with Crippen LogP contribution in [0.2, 0.25) is 0 Å². The summed E-state index contributed by atoms with van der Waals surface area (Å²) in [5.74, 6) is -0.703. The summed E-state index contributed by atoms with van der Waals surface area (Å²) in [6, 6.07) is 20.7. The van der Waals surface area contributed by atoms with Crippen LogP contribution in [0.5, 0.6) is 11.5 Å². The van der Waals surface area contributed by atoms with E-state index in [1.165, 1.54) is 12.0 Å². The highest BCUT2D eigenvalue weighted by atomic mass is 16.5. The number of aliphatic hydroxyl groups excluding tert-OH is 1. The lowest BCUT2D eigenvalue weighted by Crippen LogP contribution is -2.29. The van der Waals surface area contributed by atoms with Gasteiger partial charge in [0.05, 0.1) is 31.4 Å². The third-order valence-electron chi connectivity index (χ3n) is 6.49. The van der Waals surface area contributed by atoms with Crippen molar-refractivity contribution in [1.29, 1.82) is 0 Å². The molecule has 186 valence electrons. The highest BCUT2D eigenvalue weighted by Gasteiger charge is 2.47. The van der Waals surface area contributed by atoms with E-state index in [9.17, 15) is 14.7 Å². The smallest absolute Gasteiger partial charge is 0.300 e. The van der Waals surface area contributed by atoms with Gasteiger partial charge in [0.15, 0.2) is 0 Å². The maximum atomic E-state index is 13.4. The molecule has 4 rings (SSSR count). The number of hydrogen-bond donors (Lipinski definition) is 1. The van der Waals surface area contributed by atoms with E-state index in [4.69, 9.17) is 9.47 Å². The minimum absolute atomic E-state index is 0.00230. The Bertz CT molecular complexity index is 1280. The van der Waals surface area contributed by atoms with Crippen LogP contribution >= 0.6 is 0 Å². The number of nitrogens with zero attached hydrogens (tertiary/aromatic N) is 2. The fourth-order valence-corrected chi connectivity index (χ4v) is 4.60. The molecule has 0 saturated carbocycles. The molecular formula is C29H30N2O5. The molecule has 1 N–H and O–H groups in total. The molecule has 1 aliphatic rings. The molecule has 1 atom stereocenters. The molecule has 3 aromatic rings. The zero-order chi connectivity index (χ0) is 25.8. The number of ketones is 1. The molecule has 1 unspecified atom stereocenters. The molecule has 36 heavy (non-hydrogen) atoms. The van der Waals surface area contributed by atoms with Gasteiger partial charge in [-0.2, -0.15) is 0 Å². The van der Waals surface area contributed by atoms with Gasteiger partial charge in [0.2, 0.25) is 0 Å². The lowest BCUT2D eigenvalue weighted by atomic mass is 9.94. The van der Waals surface area contributed by atoms with Gasteiger partial charge in [-0.25, -0.2) is 0 Å². The summed E-state index contributed by atoms with van der Waals surface area (Å²) in [5, 5.41) is 11.4. The van der Waals surface area contributed by atoms with Crippen molar-refractivity contribution >= 4 is 28.8 Å². The Balaban J connectivity index is 1.89. The molecule has 0 bridgehead atoms. The third-order valence-corrected chi connectivity index (χ3v) is 6.49. The third kappa shape index (κ3) is 4.40. The molecule has 0 radical (unpaired) electrons. The molecule has 3 aromatic carbocycles. The monoisotopic (exact) mass is 486 g/mol. The molecule has 1 aliphatic heterocycles. The number of Topliss-reactive ketones (excluding diaryl/α,β-unsaturated/α-hetero) is 1. The Morgan fingerprint density at radius 2 is 1.53 bits per heavy atom. The minimum Gasteiger partial charge on any atom is -0.507 e. The van der Waals surface area contributed by atoms with E-state index < -0.39 is 17.7 Å². The first-order valence-electron chi connectivity index (χ1n) is 11.9. The molecule has 7 heteroatoms. The SMILES string of the molecule is CCN(CC)c1ccc(N2C(=O)C(=O)/C(=C(\O)c3ccccc3OC)C2c2ccc(OC)cc2)cc1. The number of hydrogen-bond acceptors (Lipinski definition) is 6. The summed E-state index contributed by atoms with van der Waals surface area (Å²) in [4.78, 5) is 30.4. The van der Waals surface area contributed by atoms with E-state index >= 15 is 0 Å². The lowest BCUT2D eigenvalue weighted by Gasteiger charge is -2.27. The number of para-hydroxylation sites is 1. The number of ether oxygens (including phenoxy) is 2. The Morgan fingerprint density at radius 1 is 0.889 bits per heavy atom. The average molecular weight is 487 g/mol. The van der Waals surface area contributed by atoms with Crippen molar-refractivity contribution in [1.82, 2.24) is 0 Å². The van der Waals surface area contributed by atoms with E-state index in [0.29, 0.717) is 28.3 Å². The molecule has 1 saturated heterocycles. The van der Waals surface area contributed by atoms with E-state index in [1.54, 1.807) is 55.6 Å². The van der Waals surface area contributed by atoms with Gasteiger partial charge in [-0.15, -0.1) is 0 Å². The van der Waals surface area contributed by atoms with Gasteiger partial charge >= 0.3 is 0 Å². The van der Waals surface area contributed by atoms with Crippen molar-refractivity contribution in [3.05, 3.63) is 89.5 Å². The number of rotatable bonds is 8. The van der Waals surface area contributed by atoms with Gasteiger partial charge in [-0.1, -0.05) is 24.3 Å². The van der Waals surface area contributed by atoms with Gasteiger partial charge in [0.1, 0.15) is 17.3 Å². The maximum Gasteiger partial charge on any atom is 0.300 e. The van der Waals surface area contributed by atoms with E-state index in [-0.39, 0.29) is 11.3 Å². The normalized spacial score (nSPS) is 16.8. The molecule has 0 spiro atoms. The maximum absolute atomic E-state index is 13.4. The molecule has 1 fully saturated rings. The first kappa shape index (κ1) is 24.9. The summed E-state index contributed by atoms with van der Waals surface area (Å²) in [5.41, 5.74) is 2.60. The number of methoxy groups -OCH3 is 2. The summed E-state index contributed by atoms with van der Waals surface area (Å²) in [6.45, 7) is 5.87. The van der Waals surface area contributed by atoms with Crippen LogP contribution in [-0.2, 0) is 9.59 Å². The van der Waals surface area contributed by atoms with Crippen molar-refractivity contribution in [2.45, 2.75) is 19.9 Å². The highest BCUT2D eigenvalue weighted by molar-refractivity contribution is 6.51. The predicted molar refractivity (Wildman–Crippen MR) is 141 cm³/mol. The first-order valence-corrected chi connectivity index (χ1v) is 11.9. The second-order valence-corrected chi connectivity index (χ2v) is 8.33. The molecule has 7 nitrogen and oxygen atoms in total. The van der Waals surface area contributed by atoms with Crippen LogP contribution in [0.4, 0.5) is 11.4 Å². The Labute approximate surface area is 211 Å². The number of benzene rings is 3. The zero-order valence-electron chi connectivity index (χ0n) is 20.9. The second kappa shape index (κ2) is 10.6. The molecule has 0 aromatic heterocycles. The Hall–Kier alpha value is -4.26. The van der Waals surface area contributed by atoms with Crippen molar-refractivity contribution in [3.8, 4) is 11.5 Å². The standard InChI is InChI=1S/C29H30N2O5/c1-5-30(6-2)20-13-15-21(16-14-20)31-26(19-11-17-22(35-3)18-12-19)25(28(33)29(31)34)27(32)23-9-7-8-10-24(23)36-4/h7-18,26,32H,5-6H2,1-4H3/b27-25-. The van der Waals surface area contributed by atoms with Crippen molar-refractivity contribution < 1.29 is 24.2 Å². The van der Waals surface area contributed by atoms with Gasteiger partial charge in [0.25, 0.3) is 11.7 Å². The van der Waals surface area contributed by atoms with Crippen molar-refractivity contribution in [2.24, 2.45) is 0 Å². The predicted octanol–water partition coefficient (Wildman–Crippen LogP) is 5.18. The summed E-state index contributed by atoms with van der Waals surface area (Å²) < 4.78 is 10.7. The number of carbonyl (C=O) groups excluding carboxylic acids is 2. The molecular weight excluding hydrogens is 456 g/mol. The van der Waals surface area contributed by atoms with Crippen LogP contribution < -0.4 is 19.3 Å². The van der Waals surface area contributed by atoms with Crippen LogP contribution in [0.25, 0.3) is 5.76 Å². The van der Waals surface area contributed by atoms with Gasteiger partial charge in [-0.3, -0.25) is 14.5 Å². The van der Waals surface area contributed by atoms with Gasteiger partial charge in [0, 0.05) is 24.5 Å². The summed E-state index contributed by atoms with van der Waals surface area (Å²) >= 11 is 0. The fourth-order valence-electron chi connectivity index (χ4n) is 4.60. The number of carbonyl (C=O) groups is 2. The zero-order valence-corrected chi connectivity index (χ0v) is 20.9. The first-order chi connectivity index (χ1) is 17.4. The van der Waals surface area contributed by atoms with Crippen LogP contribution in [0.3, 0.4) is 0 Å². The Morgan fingerprint density at radius 3 is 2.11 bits per heavy atom. The van der Waals surface area contributed by atoms with E-state index in [0.717, 1.165) is 18.8 Å². The second-order valence-electron chi connectivity index (χ2n) is 8.33. The van der Waals surface area contributed by atoms with Crippen LogP contribution in [0.1, 0.15) is 31.0 Å². The van der Waals surface area contributed by atoms with Crippen molar-refractivity contribution in [3.63, 3.8) is 0 Å². The highest BCUT2D eigenvalue weighted by Crippen LogP contribution is 2.43. The molecule has 0 aliphatic carbocycles. The fraction of sp³-hybridized carbons (Fsp3) is 0.241. The Kier molecular flexibility index (Phi) is 7.29. The quantitative estimate of drug-likeness (QED) is 0.269. The van der Waals surface area contributed by atoms with Crippen molar-refractivity contribution in [2.75, 3.05) is 37.1 Å². The number of aliphatic hydroxyl groups is 1. The number of amides is 1. The molecule has 1 heterocycles. The summed E-state index contributed by atoms with van der Waals surface area (Å²) in [7, 11) is 3.06. The van der Waals surface area contributed by atoms with Gasteiger partial charge < -0.3 is 19.5 Å². The summed E-state index contributed by atoms with van der Waals surface area (Å²) in [6.07, 6.45) is 0. The van der Waals surface area contributed by atoms with Gasteiger partial charge in [-0.05, 0) is 67.9 Å². The van der Waals surface area contributed by atoms with Crippen LogP contribution in [0.15, 0.2) is 78.4 Å². The molecule has 1 amide bonds. The van der Waals surface area contributed by atoms with E-state index in [2.05, 4.69) is 18.7 Å². The van der Waals surface area contributed by atoms with Crippen LogP contribution in [-0.4, -0.2) is 44.1 Å². The lowest BCUT2D eigenvalue weighted by molar-refractivity contribution is -0.132. The van der Waals surface area contributed by atoms with E-state index in [1.807, 2.05) is 24.3 Å². The largest absolute Gasteiger partial charge is 0.507 e.